The first-order chi connectivity index (χ1) is 13.9. The highest BCUT2D eigenvalue weighted by atomic mass is 35.5. The Bertz CT molecular complexity index is 1080. The number of benzene rings is 1. The Morgan fingerprint density at radius 2 is 1.80 bits per heavy atom. The summed E-state index contributed by atoms with van der Waals surface area (Å²) < 4.78 is 33.5. The second kappa shape index (κ2) is 8.57. The average molecular weight is 455 g/mol. The largest absolute Gasteiger partial charge is 0.493 e. The van der Waals surface area contributed by atoms with Crippen molar-refractivity contribution in [2.75, 3.05) is 46.7 Å². The number of methoxy groups -OCH3 is 2. The highest BCUT2D eigenvalue weighted by molar-refractivity contribution is 7.93. The van der Waals surface area contributed by atoms with Crippen LogP contribution in [0, 0.1) is 0 Å². The van der Waals surface area contributed by atoms with Gasteiger partial charge in [0, 0.05) is 44.6 Å². The molecule has 0 bridgehead atoms. The summed E-state index contributed by atoms with van der Waals surface area (Å²) >= 11 is 0. The van der Waals surface area contributed by atoms with E-state index in [4.69, 9.17) is 13.9 Å². The van der Waals surface area contributed by atoms with Gasteiger partial charge in [0.05, 0.1) is 40.8 Å². The number of fused-ring (bicyclic) bond motifs is 1. The highest BCUT2D eigenvalue weighted by Gasteiger charge is 2.29. The van der Waals surface area contributed by atoms with Crippen LogP contribution in [0.25, 0.3) is 0 Å². The zero-order valence-electron chi connectivity index (χ0n) is 16.9. The average Bonchev–Trinajstić information content (AvgIpc) is 3.27. The van der Waals surface area contributed by atoms with Crippen LogP contribution in [0.3, 0.4) is 0 Å². The number of hydrogen-bond acceptors (Lipinski definition) is 8. The minimum Gasteiger partial charge on any atom is -0.493 e. The second-order valence-corrected chi connectivity index (χ2v) is 8.96. The molecule has 0 radical (unpaired) electrons. The van der Waals surface area contributed by atoms with Gasteiger partial charge in [-0.1, -0.05) is 0 Å². The Hall–Kier alpha value is -2.72. The van der Waals surface area contributed by atoms with Crippen molar-refractivity contribution in [1.82, 2.24) is 9.80 Å². The molecule has 2 aromatic rings. The predicted octanol–water partition coefficient (Wildman–Crippen LogP) is 2.63. The van der Waals surface area contributed by atoms with E-state index in [9.17, 15) is 9.00 Å². The predicted molar refractivity (Wildman–Crippen MR) is 115 cm³/mol. The van der Waals surface area contributed by atoms with E-state index in [2.05, 4.69) is 9.36 Å². The van der Waals surface area contributed by atoms with Crippen LogP contribution < -0.4 is 9.47 Å². The SMILES string of the molecule is COc1cc2c(cc1OC)S(C)(=O)=NC(N1CCN(C(=O)c3ccco3)CC1)=N2.Cl. The van der Waals surface area contributed by atoms with Crippen molar-refractivity contribution in [3.63, 3.8) is 0 Å². The van der Waals surface area contributed by atoms with E-state index in [1.165, 1.54) is 13.4 Å². The minimum atomic E-state index is -2.69. The molecule has 9 nitrogen and oxygen atoms in total. The topological polar surface area (TPSA) is 96.9 Å². The number of nitrogens with zero attached hydrogens (tertiary/aromatic N) is 4. The number of guanidine groups is 1. The van der Waals surface area contributed by atoms with Crippen molar-refractivity contribution in [1.29, 1.82) is 0 Å². The van der Waals surface area contributed by atoms with Crippen molar-refractivity contribution in [3.05, 3.63) is 36.3 Å². The van der Waals surface area contributed by atoms with Gasteiger partial charge in [0.25, 0.3) is 5.91 Å². The number of hydrogen-bond donors (Lipinski definition) is 0. The van der Waals surface area contributed by atoms with Crippen LogP contribution >= 0.6 is 12.4 Å². The number of ether oxygens (including phenoxy) is 2. The summed E-state index contributed by atoms with van der Waals surface area (Å²) in [5, 5.41) is 0. The summed E-state index contributed by atoms with van der Waals surface area (Å²) in [6, 6.07) is 6.72. The molecule has 2 aliphatic heterocycles. The summed E-state index contributed by atoms with van der Waals surface area (Å²) in [4.78, 5) is 21.2. The van der Waals surface area contributed by atoms with E-state index in [1.54, 1.807) is 42.5 Å². The second-order valence-electron chi connectivity index (χ2n) is 6.74. The number of aliphatic imine (C=N–C) groups is 1. The molecule has 1 unspecified atom stereocenters. The molecule has 1 amide bonds. The normalized spacial score (nSPS) is 20.4. The van der Waals surface area contributed by atoms with Gasteiger partial charge in [-0.25, -0.2) is 9.20 Å². The third kappa shape index (κ3) is 3.97. The van der Waals surface area contributed by atoms with Crippen LogP contribution in [0.5, 0.6) is 11.5 Å². The van der Waals surface area contributed by atoms with Crippen LogP contribution in [-0.2, 0) is 9.73 Å². The summed E-state index contributed by atoms with van der Waals surface area (Å²) in [7, 11) is 0.378. The monoisotopic (exact) mass is 454 g/mol. The third-order valence-corrected chi connectivity index (χ3v) is 6.59. The summed E-state index contributed by atoms with van der Waals surface area (Å²) in [6.45, 7) is 2.06. The number of carbonyl (C=O) groups is 1. The van der Waals surface area contributed by atoms with Gasteiger partial charge in [0.15, 0.2) is 17.3 Å². The molecule has 1 saturated heterocycles. The highest BCUT2D eigenvalue weighted by Crippen LogP contribution is 2.39. The lowest BCUT2D eigenvalue weighted by molar-refractivity contribution is 0.0659. The fourth-order valence-electron chi connectivity index (χ4n) is 3.37. The van der Waals surface area contributed by atoms with E-state index in [-0.39, 0.29) is 18.3 Å². The lowest BCUT2D eigenvalue weighted by atomic mass is 10.2. The van der Waals surface area contributed by atoms with E-state index < -0.39 is 9.73 Å². The molecule has 1 aromatic carbocycles. The molecule has 0 spiro atoms. The Morgan fingerprint density at radius 1 is 1.13 bits per heavy atom. The van der Waals surface area contributed by atoms with E-state index >= 15 is 0 Å². The maximum atomic E-state index is 13.2. The lowest BCUT2D eigenvalue weighted by Crippen LogP contribution is -2.50. The van der Waals surface area contributed by atoms with E-state index in [1.807, 2.05) is 4.90 Å². The number of furan rings is 1. The fraction of sp³-hybridized carbons (Fsp3) is 0.368. The smallest absolute Gasteiger partial charge is 0.289 e. The number of amides is 1. The molecular weight excluding hydrogens is 432 g/mol. The minimum absolute atomic E-state index is 0. The zero-order chi connectivity index (χ0) is 20.6. The van der Waals surface area contributed by atoms with Crippen LogP contribution in [0.1, 0.15) is 10.6 Å². The van der Waals surface area contributed by atoms with Crippen molar-refractivity contribution >= 4 is 39.7 Å². The zero-order valence-corrected chi connectivity index (χ0v) is 18.5. The molecule has 162 valence electrons. The first kappa shape index (κ1) is 22.0. The third-order valence-electron chi connectivity index (χ3n) is 4.93. The van der Waals surface area contributed by atoms with Crippen LogP contribution in [0.4, 0.5) is 5.69 Å². The first-order valence-corrected chi connectivity index (χ1v) is 11.0. The van der Waals surface area contributed by atoms with Crippen LogP contribution in [0.2, 0.25) is 0 Å². The van der Waals surface area contributed by atoms with Crippen molar-refractivity contribution < 1.29 is 22.9 Å². The Morgan fingerprint density at radius 3 is 2.40 bits per heavy atom. The maximum Gasteiger partial charge on any atom is 0.289 e. The maximum absolute atomic E-state index is 13.2. The number of rotatable bonds is 3. The molecule has 30 heavy (non-hydrogen) atoms. The van der Waals surface area contributed by atoms with Crippen molar-refractivity contribution in [2.24, 2.45) is 9.36 Å². The van der Waals surface area contributed by atoms with E-state index in [0.717, 1.165) is 0 Å². The van der Waals surface area contributed by atoms with Gasteiger partial charge in [0.1, 0.15) is 0 Å². The standard InChI is InChI=1S/C19H22N4O5S.ClH/c1-26-15-11-13-17(12-16(15)27-2)29(3,25)21-19(20-13)23-8-6-22(7-9-23)18(24)14-5-4-10-28-14;/h4-5,10-12H,6-9H2,1-3H3;1H. The molecule has 2 aliphatic rings. The first-order valence-electron chi connectivity index (χ1n) is 9.07. The van der Waals surface area contributed by atoms with Crippen LogP contribution in [0.15, 0.2) is 49.2 Å². The Kier molecular flexibility index (Phi) is 6.27. The molecule has 0 saturated carbocycles. The lowest BCUT2D eigenvalue weighted by Gasteiger charge is -2.35. The van der Waals surface area contributed by atoms with Gasteiger partial charge >= 0.3 is 0 Å². The number of piperazine rings is 1. The van der Waals surface area contributed by atoms with Crippen LogP contribution in [-0.4, -0.2) is 72.5 Å². The molecule has 0 aliphatic carbocycles. The molecule has 1 atom stereocenters. The molecule has 1 aromatic heterocycles. The summed E-state index contributed by atoms with van der Waals surface area (Å²) in [5.41, 5.74) is 0.550. The molecule has 3 heterocycles. The van der Waals surface area contributed by atoms with Gasteiger partial charge < -0.3 is 23.7 Å². The molecular formula is C19H23ClN4O5S. The van der Waals surface area contributed by atoms with Crippen molar-refractivity contribution in [3.8, 4) is 11.5 Å². The quantitative estimate of drug-likeness (QED) is 0.707. The van der Waals surface area contributed by atoms with Gasteiger partial charge in [-0.3, -0.25) is 4.79 Å². The van der Waals surface area contributed by atoms with E-state index in [0.29, 0.717) is 60.0 Å². The molecule has 1 fully saturated rings. The Labute approximate surface area is 181 Å². The summed E-state index contributed by atoms with van der Waals surface area (Å²) in [5.74, 6) is 1.59. The molecule has 11 heteroatoms. The van der Waals surface area contributed by atoms with Crippen molar-refractivity contribution in [2.45, 2.75) is 4.90 Å². The fourth-order valence-corrected chi connectivity index (χ4v) is 4.75. The van der Waals surface area contributed by atoms with Gasteiger partial charge in [0.2, 0.25) is 5.96 Å². The van der Waals surface area contributed by atoms with Gasteiger partial charge in [-0.05, 0) is 12.1 Å². The summed E-state index contributed by atoms with van der Waals surface area (Å²) in [6.07, 6.45) is 3.07. The number of carbonyl (C=O) groups excluding carboxylic acids is 1. The van der Waals surface area contributed by atoms with Gasteiger partial charge in [-0.15, -0.1) is 12.4 Å². The van der Waals surface area contributed by atoms with Gasteiger partial charge in [-0.2, -0.15) is 4.36 Å². The Balaban J connectivity index is 0.00000256. The molecule has 0 N–H and O–H groups in total. The molecule has 4 rings (SSSR count). The number of halogens is 1.